The lowest BCUT2D eigenvalue weighted by molar-refractivity contribution is 0.147. The maximum absolute atomic E-state index is 11.6. The molecule has 21 heavy (non-hydrogen) atoms. The Balaban J connectivity index is 2.09. The minimum atomic E-state index is -0.490. The number of carbonyl (C=O) groups excluding carboxylic acids is 1. The van der Waals surface area contributed by atoms with Crippen LogP contribution in [-0.4, -0.2) is 22.9 Å². The number of anilines is 1. The number of nitrogens with zero attached hydrogens (tertiary/aromatic N) is 1. The summed E-state index contributed by atoms with van der Waals surface area (Å²) < 4.78 is 5.06. The predicted molar refractivity (Wildman–Crippen MR) is 80.1 cm³/mol. The first-order valence-corrected chi connectivity index (χ1v) is 6.64. The van der Waals surface area contributed by atoms with Crippen LogP contribution in [0.3, 0.4) is 0 Å². The Morgan fingerprint density at radius 3 is 2.81 bits per heavy atom. The van der Waals surface area contributed by atoms with Crippen LogP contribution in [0.25, 0.3) is 11.3 Å². The van der Waals surface area contributed by atoms with Crippen LogP contribution in [0.4, 0.5) is 10.5 Å². The Bertz CT molecular complexity index is 659. The number of ether oxygens (including phenoxy) is 1. The van der Waals surface area contributed by atoms with E-state index < -0.39 is 6.09 Å². The molecule has 0 aliphatic carbocycles. The Hall–Kier alpha value is -2.63. The molecule has 0 spiro atoms. The van der Waals surface area contributed by atoms with Crippen LogP contribution < -0.4 is 10.9 Å². The molecular formula is C15H17N3O3. The fourth-order valence-electron chi connectivity index (χ4n) is 1.66. The van der Waals surface area contributed by atoms with E-state index in [2.05, 4.69) is 15.5 Å². The lowest BCUT2D eigenvalue weighted by Gasteiger charge is -2.09. The van der Waals surface area contributed by atoms with Crippen molar-refractivity contribution in [3.05, 3.63) is 46.8 Å². The van der Waals surface area contributed by atoms with Gasteiger partial charge in [-0.3, -0.25) is 10.1 Å². The molecule has 0 aliphatic rings. The van der Waals surface area contributed by atoms with Gasteiger partial charge >= 0.3 is 6.09 Å². The van der Waals surface area contributed by atoms with Crippen molar-refractivity contribution in [2.75, 3.05) is 11.9 Å². The van der Waals surface area contributed by atoms with Crippen molar-refractivity contribution in [3.8, 4) is 11.3 Å². The first-order chi connectivity index (χ1) is 10.0. The van der Waals surface area contributed by atoms with Gasteiger partial charge < -0.3 is 4.74 Å². The molecule has 0 fully saturated rings. The van der Waals surface area contributed by atoms with Gasteiger partial charge in [-0.25, -0.2) is 9.89 Å². The van der Waals surface area contributed by atoms with Crippen molar-refractivity contribution in [3.63, 3.8) is 0 Å². The first-order valence-electron chi connectivity index (χ1n) is 6.64. The van der Waals surface area contributed by atoms with E-state index in [-0.39, 0.29) is 11.5 Å². The normalized spacial score (nSPS) is 10.4. The van der Waals surface area contributed by atoms with Gasteiger partial charge in [0.25, 0.3) is 5.56 Å². The number of benzene rings is 1. The summed E-state index contributed by atoms with van der Waals surface area (Å²) in [5.41, 5.74) is 1.75. The number of nitrogens with one attached hydrogen (secondary N) is 2. The van der Waals surface area contributed by atoms with Crippen LogP contribution in [0, 0.1) is 5.92 Å². The fraction of sp³-hybridized carbons (Fsp3) is 0.267. The van der Waals surface area contributed by atoms with Crippen LogP contribution in [0.2, 0.25) is 0 Å². The van der Waals surface area contributed by atoms with Gasteiger partial charge in [0.1, 0.15) is 0 Å². The third-order valence-corrected chi connectivity index (χ3v) is 2.63. The maximum Gasteiger partial charge on any atom is 0.411 e. The standard InChI is InChI=1S/C15H17N3O3/c1-10(2)9-21-15(20)16-12-5-3-4-11(8-12)13-6-7-14(19)18-17-13/h3-8,10H,9H2,1-2H3,(H,16,20)(H,18,19). The molecule has 6 nitrogen and oxygen atoms in total. The van der Waals surface area contributed by atoms with Crippen LogP contribution in [0.1, 0.15) is 13.8 Å². The molecule has 2 rings (SSSR count). The molecule has 0 radical (unpaired) electrons. The lowest BCUT2D eigenvalue weighted by Crippen LogP contribution is -2.16. The van der Waals surface area contributed by atoms with Gasteiger partial charge in [-0.2, -0.15) is 5.10 Å². The van der Waals surface area contributed by atoms with E-state index in [9.17, 15) is 9.59 Å². The number of aromatic nitrogens is 2. The van der Waals surface area contributed by atoms with Gasteiger partial charge in [-0.05, 0) is 24.1 Å². The van der Waals surface area contributed by atoms with Crippen molar-refractivity contribution in [1.82, 2.24) is 10.2 Å². The second-order valence-corrected chi connectivity index (χ2v) is 5.00. The van der Waals surface area contributed by atoms with Crippen molar-refractivity contribution in [1.29, 1.82) is 0 Å². The summed E-state index contributed by atoms with van der Waals surface area (Å²) in [6.07, 6.45) is -0.490. The average Bonchev–Trinajstić information content (AvgIpc) is 2.46. The summed E-state index contributed by atoms with van der Waals surface area (Å²) in [7, 11) is 0. The quantitative estimate of drug-likeness (QED) is 0.905. The predicted octanol–water partition coefficient (Wildman–Crippen LogP) is 2.64. The highest BCUT2D eigenvalue weighted by Crippen LogP contribution is 2.19. The second-order valence-electron chi connectivity index (χ2n) is 5.00. The molecule has 6 heteroatoms. The summed E-state index contributed by atoms with van der Waals surface area (Å²) in [5, 5.41) is 8.98. The molecule has 1 aromatic carbocycles. The van der Waals surface area contributed by atoms with Crippen LogP contribution >= 0.6 is 0 Å². The van der Waals surface area contributed by atoms with E-state index in [1.54, 1.807) is 24.3 Å². The monoisotopic (exact) mass is 287 g/mol. The van der Waals surface area contributed by atoms with Crippen molar-refractivity contribution in [2.24, 2.45) is 5.92 Å². The molecule has 2 aromatic rings. The molecule has 0 saturated carbocycles. The zero-order valence-electron chi connectivity index (χ0n) is 11.9. The molecule has 1 amide bonds. The number of amides is 1. The lowest BCUT2D eigenvalue weighted by atomic mass is 10.1. The Morgan fingerprint density at radius 2 is 2.14 bits per heavy atom. The van der Waals surface area contributed by atoms with Gasteiger partial charge in [0.05, 0.1) is 12.3 Å². The largest absolute Gasteiger partial charge is 0.449 e. The third-order valence-electron chi connectivity index (χ3n) is 2.63. The number of hydrogen-bond acceptors (Lipinski definition) is 4. The summed E-state index contributed by atoms with van der Waals surface area (Å²) in [6, 6.07) is 10.2. The van der Waals surface area contributed by atoms with E-state index in [1.807, 2.05) is 19.9 Å². The summed E-state index contributed by atoms with van der Waals surface area (Å²) >= 11 is 0. The van der Waals surface area contributed by atoms with Crippen LogP contribution in [0.5, 0.6) is 0 Å². The van der Waals surface area contributed by atoms with Crippen molar-refractivity contribution in [2.45, 2.75) is 13.8 Å². The number of rotatable bonds is 4. The smallest absolute Gasteiger partial charge is 0.411 e. The van der Waals surface area contributed by atoms with E-state index >= 15 is 0 Å². The van der Waals surface area contributed by atoms with E-state index in [0.717, 1.165) is 5.56 Å². The van der Waals surface area contributed by atoms with Crippen LogP contribution in [-0.2, 0) is 4.74 Å². The highest BCUT2D eigenvalue weighted by molar-refractivity contribution is 5.85. The van der Waals surface area contributed by atoms with Gasteiger partial charge in [0.2, 0.25) is 0 Å². The zero-order valence-corrected chi connectivity index (χ0v) is 11.9. The molecule has 1 heterocycles. The van der Waals surface area contributed by atoms with Gasteiger partial charge in [0, 0.05) is 17.3 Å². The topological polar surface area (TPSA) is 84.1 Å². The average molecular weight is 287 g/mol. The Kier molecular flexibility index (Phi) is 4.71. The fourth-order valence-corrected chi connectivity index (χ4v) is 1.66. The van der Waals surface area contributed by atoms with Crippen molar-refractivity contribution >= 4 is 11.8 Å². The molecule has 0 aliphatic heterocycles. The van der Waals surface area contributed by atoms with Gasteiger partial charge in [0.15, 0.2) is 0 Å². The first kappa shape index (κ1) is 14.8. The number of carbonyl (C=O) groups is 1. The highest BCUT2D eigenvalue weighted by Gasteiger charge is 2.06. The molecule has 1 aromatic heterocycles. The van der Waals surface area contributed by atoms with Gasteiger partial charge in [-0.15, -0.1) is 0 Å². The SMILES string of the molecule is CC(C)COC(=O)Nc1cccc(-c2ccc(=O)[nH]n2)c1. The molecule has 2 N–H and O–H groups in total. The highest BCUT2D eigenvalue weighted by atomic mass is 16.5. The second kappa shape index (κ2) is 6.69. The maximum atomic E-state index is 11.6. The molecule has 0 saturated heterocycles. The van der Waals surface area contributed by atoms with Crippen LogP contribution in [0.15, 0.2) is 41.2 Å². The molecule has 0 bridgehead atoms. The number of hydrogen-bond donors (Lipinski definition) is 2. The Labute approximate surface area is 122 Å². The minimum absolute atomic E-state index is 0.259. The molecule has 0 unspecified atom stereocenters. The Morgan fingerprint density at radius 1 is 1.33 bits per heavy atom. The van der Waals surface area contributed by atoms with Crippen molar-refractivity contribution < 1.29 is 9.53 Å². The summed E-state index contributed by atoms with van der Waals surface area (Å²) in [4.78, 5) is 22.6. The summed E-state index contributed by atoms with van der Waals surface area (Å²) in [6.45, 7) is 4.30. The van der Waals surface area contributed by atoms with E-state index in [0.29, 0.717) is 18.0 Å². The molecular weight excluding hydrogens is 270 g/mol. The third kappa shape index (κ3) is 4.45. The molecule has 0 atom stereocenters. The zero-order chi connectivity index (χ0) is 15.2. The summed E-state index contributed by atoms with van der Waals surface area (Å²) in [5.74, 6) is 0.285. The van der Waals surface area contributed by atoms with E-state index in [4.69, 9.17) is 4.74 Å². The minimum Gasteiger partial charge on any atom is -0.449 e. The number of aromatic amines is 1. The molecule has 110 valence electrons. The number of H-pyrrole nitrogens is 1. The van der Waals surface area contributed by atoms with Gasteiger partial charge in [-0.1, -0.05) is 26.0 Å². The van der Waals surface area contributed by atoms with E-state index in [1.165, 1.54) is 6.07 Å².